The fourth-order valence-corrected chi connectivity index (χ4v) is 0.816. The number of nitrogens with one attached hydrogen (secondary N) is 2. The molecule has 8 nitrogen and oxygen atoms in total. The van der Waals surface area contributed by atoms with Gasteiger partial charge in [-0.15, -0.1) is 0 Å². The normalized spacial score (nSPS) is 21.5. The number of hydrogen-bond donors (Lipinski definition) is 3. The quantitative estimate of drug-likeness (QED) is 0.319. The Balaban J connectivity index is 3.05. The van der Waals surface area contributed by atoms with E-state index in [0.717, 1.165) is 0 Å². The zero-order valence-electron chi connectivity index (χ0n) is 6.14. The van der Waals surface area contributed by atoms with Crippen LogP contribution >= 0.6 is 0 Å². The molecule has 13 heavy (non-hydrogen) atoms. The van der Waals surface area contributed by atoms with Crippen LogP contribution in [0.1, 0.15) is 0 Å². The van der Waals surface area contributed by atoms with Gasteiger partial charge in [-0.05, 0) is 0 Å². The largest absolute Gasteiger partial charge is 0.479 e. The Morgan fingerprint density at radius 1 is 1.54 bits per heavy atom. The van der Waals surface area contributed by atoms with Crippen LogP contribution in [-0.4, -0.2) is 39.6 Å². The first-order valence-electron chi connectivity index (χ1n) is 3.13. The predicted octanol–water partition coefficient (Wildman–Crippen LogP) is -2.05. The van der Waals surface area contributed by atoms with Gasteiger partial charge < -0.3 is 16.0 Å². The molecule has 0 bridgehead atoms. The second kappa shape index (κ2) is 3.03. The second-order valence-electron chi connectivity index (χ2n) is 2.18. The molecule has 0 aromatic carbocycles. The van der Waals surface area contributed by atoms with Crippen LogP contribution in [0.15, 0.2) is 0 Å². The van der Waals surface area contributed by atoms with Crippen LogP contribution in [-0.2, 0) is 9.59 Å². The first-order chi connectivity index (χ1) is 6.06. The number of urea groups is 1. The summed E-state index contributed by atoms with van der Waals surface area (Å²) in [5, 5.41) is 12.1. The molecule has 0 aliphatic carbocycles. The van der Waals surface area contributed by atoms with E-state index in [1.54, 1.807) is 5.32 Å². The summed E-state index contributed by atoms with van der Waals surface area (Å²) >= 11 is 0. The molecule has 1 aliphatic heterocycles. The molecular formula is C5H4N4O4. The molecule has 0 aromatic heterocycles. The number of rotatable bonds is 1. The van der Waals surface area contributed by atoms with Gasteiger partial charge in [-0.25, -0.2) is 9.59 Å². The number of aliphatic carboxylic acids is 1. The van der Waals surface area contributed by atoms with E-state index < -0.39 is 29.7 Å². The summed E-state index contributed by atoms with van der Waals surface area (Å²) in [6.07, 6.45) is 0. The third-order valence-corrected chi connectivity index (χ3v) is 1.36. The van der Waals surface area contributed by atoms with Crippen molar-refractivity contribution in [3.05, 3.63) is 5.53 Å². The van der Waals surface area contributed by atoms with Gasteiger partial charge in [0.2, 0.25) is 6.04 Å². The number of carboxylic acids is 1. The van der Waals surface area contributed by atoms with Crippen molar-refractivity contribution in [3.63, 3.8) is 0 Å². The molecule has 0 aromatic rings. The molecular weight excluding hydrogens is 180 g/mol. The molecule has 1 rings (SSSR count). The minimum atomic E-state index is -1.61. The lowest BCUT2D eigenvalue weighted by molar-refractivity contribution is -0.140. The second-order valence-corrected chi connectivity index (χ2v) is 2.18. The lowest BCUT2D eigenvalue weighted by Gasteiger charge is -2.14. The van der Waals surface area contributed by atoms with Crippen LogP contribution in [0.3, 0.4) is 0 Å². The Hall–Kier alpha value is -2.21. The minimum Gasteiger partial charge on any atom is -0.479 e. The van der Waals surface area contributed by atoms with E-state index in [1.807, 2.05) is 5.32 Å². The Kier molecular flexibility index (Phi) is 2.07. The number of nitrogens with zero attached hydrogens (tertiary/aromatic N) is 2. The SMILES string of the molecule is [N-]=[N+]=C1C(=O)NC(=O)NC1C(=O)O. The van der Waals surface area contributed by atoms with Crippen molar-refractivity contribution in [2.24, 2.45) is 0 Å². The van der Waals surface area contributed by atoms with Gasteiger partial charge in [-0.1, -0.05) is 0 Å². The molecule has 0 spiro atoms. The summed E-state index contributed by atoms with van der Waals surface area (Å²) in [5.74, 6) is -2.50. The summed E-state index contributed by atoms with van der Waals surface area (Å²) in [7, 11) is 0. The molecule has 3 N–H and O–H groups in total. The van der Waals surface area contributed by atoms with Crippen LogP contribution in [0.25, 0.3) is 5.53 Å². The highest BCUT2D eigenvalue weighted by Crippen LogP contribution is 1.93. The summed E-state index contributed by atoms with van der Waals surface area (Å²) < 4.78 is 0. The number of hydrogen-bond acceptors (Lipinski definition) is 3. The van der Waals surface area contributed by atoms with Crippen LogP contribution in [0, 0.1) is 0 Å². The van der Waals surface area contributed by atoms with Gasteiger partial charge >= 0.3 is 23.6 Å². The van der Waals surface area contributed by atoms with Crippen LogP contribution < -0.4 is 10.6 Å². The molecule has 1 aliphatic rings. The molecule has 1 heterocycles. The lowest BCUT2D eigenvalue weighted by Crippen LogP contribution is -2.62. The summed E-state index contributed by atoms with van der Waals surface area (Å²) in [4.78, 5) is 34.3. The standard InChI is InChI=1S/C5H4N4O4/c6-9-1-2(4(11)12)7-5(13)8-3(1)10/h2H,(H,11,12)(H2,7,8,10,13). The van der Waals surface area contributed by atoms with Gasteiger partial charge in [0.15, 0.2) is 0 Å². The molecule has 1 saturated heterocycles. The highest BCUT2D eigenvalue weighted by molar-refractivity contribution is 6.46. The Morgan fingerprint density at radius 2 is 2.15 bits per heavy atom. The summed E-state index contributed by atoms with van der Waals surface area (Å²) in [6, 6.07) is -2.55. The molecule has 1 atom stereocenters. The van der Waals surface area contributed by atoms with E-state index in [1.165, 1.54) is 0 Å². The highest BCUT2D eigenvalue weighted by atomic mass is 16.4. The lowest BCUT2D eigenvalue weighted by atomic mass is 10.1. The molecule has 8 heteroatoms. The highest BCUT2D eigenvalue weighted by Gasteiger charge is 2.43. The van der Waals surface area contributed by atoms with E-state index in [4.69, 9.17) is 10.6 Å². The zero-order chi connectivity index (χ0) is 10.0. The van der Waals surface area contributed by atoms with Crippen molar-refractivity contribution < 1.29 is 24.3 Å². The fraction of sp³-hybridized carbons (Fsp3) is 0.200. The Labute approximate surface area is 71.2 Å². The number of carboxylic acid groups (broad SMARTS) is 1. The van der Waals surface area contributed by atoms with E-state index >= 15 is 0 Å². The van der Waals surface area contributed by atoms with Crippen molar-refractivity contribution in [2.75, 3.05) is 0 Å². The molecule has 1 fully saturated rings. The third-order valence-electron chi connectivity index (χ3n) is 1.36. The summed E-state index contributed by atoms with van der Waals surface area (Å²) in [5.41, 5.74) is 7.62. The van der Waals surface area contributed by atoms with Crippen molar-refractivity contribution in [2.45, 2.75) is 6.04 Å². The average molecular weight is 184 g/mol. The molecule has 0 saturated carbocycles. The van der Waals surface area contributed by atoms with Gasteiger partial charge in [0.25, 0.3) is 0 Å². The zero-order valence-corrected chi connectivity index (χ0v) is 6.14. The van der Waals surface area contributed by atoms with E-state index in [2.05, 4.69) is 4.79 Å². The Morgan fingerprint density at radius 3 is 2.62 bits per heavy atom. The fourth-order valence-electron chi connectivity index (χ4n) is 0.816. The van der Waals surface area contributed by atoms with Crippen LogP contribution in [0.4, 0.5) is 4.79 Å². The van der Waals surface area contributed by atoms with E-state index in [-0.39, 0.29) is 0 Å². The number of carbonyl (C=O) groups excluding carboxylic acids is 2. The Bertz CT molecular complexity index is 342. The van der Waals surface area contributed by atoms with Crippen molar-refractivity contribution >= 4 is 23.6 Å². The van der Waals surface area contributed by atoms with Gasteiger partial charge in [0, 0.05) is 0 Å². The molecule has 3 amide bonds. The maximum absolute atomic E-state index is 10.8. The van der Waals surface area contributed by atoms with E-state index in [9.17, 15) is 14.4 Å². The molecule has 1 unspecified atom stereocenters. The maximum atomic E-state index is 10.8. The van der Waals surface area contributed by atoms with Crippen LogP contribution in [0.2, 0.25) is 0 Å². The first-order valence-corrected chi connectivity index (χ1v) is 3.13. The van der Waals surface area contributed by atoms with E-state index in [0.29, 0.717) is 0 Å². The topological polar surface area (TPSA) is 132 Å². The van der Waals surface area contributed by atoms with Crippen LogP contribution in [0.5, 0.6) is 0 Å². The average Bonchev–Trinajstić information content (AvgIpc) is 2.02. The third kappa shape index (κ3) is 1.52. The monoisotopic (exact) mass is 184 g/mol. The number of carbonyl (C=O) groups is 3. The maximum Gasteiger partial charge on any atom is 0.389 e. The smallest absolute Gasteiger partial charge is 0.389 e. The molecule has 0 radical (unpaired) electrons. The molecule has 68 valence electrons. The van der Waals surface area contributed by atoms with Gasteiger partial charge in [-0.2, -0.15) is 4.79 Å². The first kappa shape index (κ1) is 8.88. The number of amides is 3. The van der Waals surface area contributed by atoms with Crippen molar-refractivity contribution in [3.8, 4) is 0 Å². The van der Waals surface area contributed by atoms with Crippen molar-refractivity contribution in [1.29, 1.82) is 0 Å². The summed E-state index contributed by atoms with van der Waals surface area (Å²) in [6.45, 7) is 0. The van der Waals surface area contributed by atoms with Gasteiger partial charge in [-0.3, -0.25) is 10.1 Å². The predicted molar refractivity (Wildman–Crippen MR) is 36.7 cm³/mol. The van der Waals surface area contributed by atoms with Crippen molar-refractivity contribution in [1.82, 2.24) is 10.6 Å². The number of imide groups is 1. The minimum absolute atomic E-state index is 0.660. The van der Waals surface area contributed by atoms with Gasteiger partial charge in [0.1, 0.15) is 0 Å². The van der Waals surface area contributed by atoms with Gasteiger partial charge in [0.05, 0.1) is 0 Å².